The minimum absolute atomic E-state index is 0.250. The fourth-order valence-corrected chi connectivity index (χ4v) is 2.73. The SMILES string of the molecule is CCc1cc(Cl)ncc1-c1c(Cl)c(CC)nn1CC.O=C=O. The minimum atomic E-state index is 0.250. The van der Waals surface area contributed by atoms with Crippen molar-refractivity contribution >= 4 is 29.4 Å². The molecule has 0 amide bonds. The van der Waals surface area contributed by atoms with Crippen LogP contribution in [0.5, 0.6) is 0 Å². The van der Waals surface area contributed by atoms with E-state index < -0.39 is 0 Å². The molecule has 0 fully saturated rings. The third kappa shape index (κ3) is 3.95. The molecular weight excluding hydrogens is 325 g/mol. The second-order valence-corrected chi connectivity index (χ2v) is 5.14. The summed E-state index contributed by atoms with van der Waals surface area (Å²) in [7, 11) is 0. The van der Waals surface area contributed by atoms with E-state index in [1.165, 1.54) is 0 Å². The fourth-order valence-electron chi connectivity index (χ4n) is 2.18. The molecule has 0 N–H and O–H groups in total. The average Bonchev–Trinajstić information content (AvgIpc) is 2.84. The molecule has 0 unspecified atom stereocenters. The van der Waals surface area contributed by atoms with Crippen molar-refractivity contribution in [2.75, 3.05) is 0 Å². The van der Waals surface area contributed by atoms with Gasteiger partial charge in [0.1, 0.15) is 5.15 Å². The fraction of sp³-hybridized carbons (Fsp3) is 0.400. The maximum Gasteiger partial charge on any atom is 0.373 e. The van der Waals surface area contributed by atoms with E-state index in [2.05, 4.69) is 30.9 Å². The molecule has 2 heterocycles. The van der Waals surface area contributed by atoms with Crippen LogP contribution in [-0.2, 0) is 29.0 Å². The van der Waals surface area contributed by atoms with Crippen molar-refractivity contribution in [1.82, 2.24) is 14.8 Å². The van der Waals surface area contributed by atoms with E-state index in [4.69, 9.17) is 32.8 Å². The van der Waals surface area contributed by atoms with Crippen LogP contribution >= 0.6 is 23.2 Å². The number of carbonyl (C=O) groups excluding carboxylic acids is 2. The molecule has 0 aliphatic heterocycles. The second kappa shape index (κ2) is 8.69. The van der Waals surface area contributed by atoms with Crippen LogP contribution < -0.4 is 0 Å². The number of rotatable bonds is 4. The topological polar surface area (TPSA) is 64.8 Å². The van der Waals surface area contributed by atoms with Crippen LogP contribution in [0, 0.1) is 0 Å². The van der Waals surface area contributed by atoms with E-state index in [1.807, 2.05) is 10.7 Å². The Kier molecular flexibility index (Phi) is 7.25. The molecule has 118 valence electrons. The Morgan fingerprint density at radius 3 is 2.32 bits per heavy atom. The number of pyridine rings is 1. The lowest BCUT2D eigenvalue weighted by molar-refractivity contribution is -0.191. The van der Waals surface area contributed by atoms with Gasteiger partial charge in [-0.1, -0.05) is 37.0 Å². The minimum Gasteiger partial charge on any atom is -0.263 e. The van der Waals surface area contributed by atoms with E-state index in [1.54, 1.807) is 6.20 Å². The van der Waals surface area contributed by atoms with Gasteiger partial charge in [-0.3, -0.25) is 4.68 Å². The van der Waals surface area contributed by atoms with Gasteiger partial charge in [-0.25, -0.2) is 4.98 Å². The van der Waals surface area contributed by atoms with Gasteiger partial charge >= 0.3 is 6.15 Å². The average molecular weight is 342 g/mol. The summed E-state index contributed by atoms with van der Waals surface area (Å²) in [5.74, 6) is 0. The van der Waals surface area contributed by atoms with Crippen molar-refractivity contribution in [3.05, 3.63) is 33.7 Å². The Bertz CT molecular complexity index is 678. The van der Waals surface area contributed by atoms with Gasteiger partial charge in [0.2, 0.25) is 0 Å². The molecule has 0 aliphatic carbocycles. The summed E-state index contributed by atoms with van der Waals surface area (Å²) in [5, 5.41) is 5.78. The Balaban J connectivity index is 0.000000745. The zero-order valence-corrected chi connectivity index (χ0v) is 14.2. The van der Waals surface area contributed by atoms with Gasteiger partial charge in [0.15, 0.2) is 0 Å². The quantitative estimate of drug-likeness (QED) is 0.793. The standard InChI is InChI=1S/C14H17Cl2N3.CO2/c1-4-9-7-12(15)17-8-10(9)14-13(16)11(5-2)18-19(14)6-3;2-1-3/h7-8H,4-6H2,1-3H3;. The Morgan fingerprint density at radius 1 is 1.18 bits per heavy atom. The van der Waals surface area contributed by atoms with Crippen molar-refractivity contribution in [3.8, 4) is 11.3 Å². The summed E-state index contributed by atoms with van der Waals surface area (Å²) in [4.78, 5) is 20.4. The summed E-state index contributed by atoms with van der Waals surface area (Å²) in [6, 6.07) is 1.89. The highest BCUT2D eigenvalue weighted by molar-refractivity contribution is 6.34. The third-order valence-corrected chi connectivity index (χ3v) is 3.79. The van der Waals surface area contributed by atoms with Crippen LogP contribution in [-0.4, -0.2) is 20.9 Å². The predicted molar refractivity (Wildman–Crippen MR) is 84.9 cm³/mol. The monoisotopic (exact) mass is 341 g/mol. The first-order chi connectivity index (χ1) is 10.5. The largest absolute Gasteiger partial charge is 0.373 e. The van der Waals surface area contributed by atoms with E-state index in [0.29, 0.717) is 5.15 Å². The molecule has 7 heteroatoms. The summed E-state index contributed by atoms with van der Waals surface area (Å²) in [6.07, 6.45) is 3.74. The van der Waals surface area contributed by atoms with Gasteiger partial charge in [0, 0.05) is 18.3 Å². The third-order valence-electron chi connectivity index (χ3n) is 3.19. The van der Waals surface area contributed by atoms with Crippen molar-refractivity contribution in [2.24, 2.45) is 0 Å². The molecular formula is C15H17Cl2N3O2. The highest BCUT2D eigenvalue weighted by Crippen LogP contribution is 2.34. The van der Waals surface area contributed by atoms with Crippen molar-refractivity contribution in [2.45, 2.75) is 40.2 Å². The van der Waals surface area contributed by atoms with Gasteiger partial charge < -0.3 is 0 Å². The Morgan fingerprint density at radius 2 is 1.82 bits per heavy atom. The first kappa shape index (κ1) is 18.4. The van der Waals surface area contributed by atoms with E-state index in [9.17, 15) is 0 Å². The van der Waals surface area contributed by atoms with E-state index in [-0.39, 0.29) is 6.15 Å². The molecule has 0 aliphatic rings. The zero-order chi connectivity index (χ0) is 16.7. The molecule has 0 spiro atoms. The number of halogens is 2. The molecule has 0 bridgehead atoms. The first-order valence-electron chi connectivity index (χ1n) is 6.93. The van der Waals surface area contributed by atoms with Crippen LogP contribution in [0.4, 0.5) is 0 Å². The van der Waals surface area contributed by atoms with Gasteiger partial charge in [-0.2, -0.15) is 14.7 Å². The lowest BCUT2D eigenvalue weighted by atomic mass is 10.0. The maximum atomic E-state index is 8.12. The Labute approximate surface area is 139 Å². The maximum absolute atomic E-state index is 8.12. The summed E-state index contributed by atoms with van der Waals surface area (Å²) >= 11 is 12.4. The molecule has 2 aromatic heterocycles. The molecule has 2 aromatic rings. The summed E-state index contributed by atoms with van der Waals surface area (Å²) in [6.45, 7) is 6.98. The molecule has 2 rings (SSSR count). The highest BCUT2D eigenvalue weighted by atomic mass is 35.5. The molecule has 5 nitrogen and oxygen atoms in total. The molecule has 0 atom stereocenters. The van der Waals surface area contributed by atoms with Crippen molar-refractivity contribution in [1.29, 1.82) is 0 Å². The molecule has 0 radical (unpaired) electrons. The van der Waals surface area contributed by atoms with E-state index >= 15 is 0 Å². The zero-order valence-electron chi connectivity index (χ0n) is 12.7. The van der Waals surface area contributed by atoms with Crippen LogP contribution in [0.1, 0.15) is 32.0 Å². The van der Waals surface area contributed by atoms with Crippen LogP contribution in [0.3, 0.4) is 0 Å². The summed E-state index contributed by atoms with van der Waals surface area (Å²) < 4.78 is 1.94. The molecule has 0 saturated heterocycles. The highest BCUT2D eigenvalue weighted by Gasteiger charge is 2.18. The lowest BCUT2D eigenvalue weighted by Crippen LogP contribution is -2.02. The summed E-state index contributed by atoms with van der Waals surface area (Å²) in [5.41, 5.74) is 4.03. The van der Waals surface area contributed by atoms with Crippen LogP contribution in [0.25, 0.3) is 11.3 Å². The number of nitrogens with zero attached hydrogens (tertiary/aromatic N) is 3. The number of aromatic nitrogens is 3. The van der Waals surface area contributed by atoms with Gasteiger partial charge in [0.25, 0.3) is 0 Å². The predicted octanol–water partition coefficient (Wildman–Crippen LogP) is 3.81. The number of aryl methyl sites for hydroxylation is 3. The van der Waals surface area contributed by atoms with Gasteiger partial charge in [-0.15, -0.1) is 0 Å². The van der Waals surface area contributed by atoms with Crippen molar-refractivity contribution < 1.29 is 9.59 Å². The van der Waals surface area contributed by atoms with E-state index in [0.717, 1.165) is 46.9 Å². The number of hydrogen-bond donors (Lipinski definition) is 0. The van der Waals surface area contributed by atoms with Crippen LogP contribution in [0.2, 0.25) is 10.2 Å². The van der Waals surface area contributed by atoms with Crippen LogP contribution in [0.15, 0.2) is 12.3 Å². The number of hydrogen-bond acceptors (Lipinski definition) is 4. The lowest BCUT2D eigenvalue weighted by Gasteiger charge is -2.10. The smallest absolute Gasteiger partial charge is 0.263 e. The molecule has 0 aromatic carbocycles. The first-order valence-corrected chi connectivity index (χ1v) is 7.68. The normalized spacial score (nSPS) is 9.86. The second-order valence-electron chi connectivity index (χ2n) is 4.38. The Hall–Kier alpha value is -1.68. The molecule has 22 heavy (non-hydrogen) atoms. The van der Waals surface area contributed by atoms with Crippen molar-refractivity contribution in [3.63, 3.8) is 0 Å². The van der Waals surface area contributed by atoms with Gasteiger partial charge in [-0.05, 0) is 31.4 Å². The van der Waals surface area contributed by atoms with Gasteiger partial charge in [0.05, 0.1) is 16.4 Å². The molecule has 0 saturated carbocycles.